The van der Waals surface area contributed by atoms with Crippen molar-refractivity contribution in [2.45, 2.75) is 51.9 Å². The molecule has 1 rings (SSSR count). The molecular weight excluding hydrogens is 200 g/mol. The first-order chi connectivity index (χ1) is 7.46. The van der Waals surface area contributed by atoms with Gasteiger partial charge in [-0.2, -0.15) is 0 Å². The first kappa shape index (κ1) is 13.1. The maximum Gasteiger partial charge on any atom is 0.0995 e. The molecule has 3 heteroatoms. The molecular formula is C13H22N2O. The number of ether oxygens (including phenoxy) is 1. The highest BCUT2D eigenvalue weighted by atomic mass is 16.5. The standard InChI is InChI=1S/C13H22N2O/c1-5-13(3,4)16-12(10(2)14)11-7-6-8-15-9-11/h6-10,12H,5,14H2,1-4H3. The van der Waals surface area contributed by atoms with Crippen LogP contribution in [0.1, 0.15) is 45.8 Å². The highest BCUT2D eigenvalue weighted by Gasteiger charge is 2.25. The fourth-order valence-electron chi connectivity index (χ4n) is 1.45. The van der Waals surface area contributed by atoms with Crippen LogP contribution in [0.3, 0.4) is 0 Å². The molecule has 2 atom stereocenters. The molecule has 0 fully saturated rings. The van der Waals surface area contributed by atoms with E-state index in [0.717, 1.165) is 12.0 Å². The van der Waals surface area contributed by atoms with E-state index in [2.05, 4.69) is 25.8 Å². The SMILES string of the molecule is CCC(C)(C)OC(c1cccnc1)C(C)N. The molecule has 1 heterocycles. The van der Waals surface area contributed by atoms with E-state index in [1.54, 1.807) is 6.20 Å². The van der Waals surface area contributed by atoms with Crippen molar-refractivity contribution in [1.29, 1.82) is 0 Å². The van der Waals surface area contributed by atoms with Crippen molar-refractivity contribution in [2.75, 3.05) is 0 Å². The molecule has 0 aliphatic rings. The monoisotopic (exact) mass is 222 g/mol. The van der Waals surface area contributed by atoms with Crippen LogP contribution in [-0.2, 0) is 4.74 Å². The molecule has 2 unspecified atom stereocenters. The normalized spacial score (nSPS) is 15.8. The van der Waals surface area contributed by atoms with Gasteiger partial charge >= 0.3 is 0 Å². The van der Waals surface area contributed by atoms with Crippen LogP contribution in [0, 0.1) is 0 Å². The van der Waals surface area contributed by atoms with Crippen LogP contribution in [0.25, 0.3) is 0 Å². The lowest BCUT2D eigenvalue weighted by Gasteiger charge is -2.32. The lowest BCUT2D eigenvalue weighted by Crippen LogP contribution is -2.34. The molecule has 0 saturated heterocycles. The van der Waals surface area contributed by atoms with Crippen molar-refractivity contribution in [3.8, 4) is 0 Å². The van der Waals surface area contributed by atoms with Crippen molar-refractivity contribution < 1.29 is 4.74 Å². The van der Waals surface area contributed by atoms with E-state index in [-0.39, 0.29) is 17.7 Å². The second-order valence-electron chi connectivity index (χ2n) is 4.80. The van der Waals surface area contributed by atoms with Gasteiger partial charge in [0.2, 0.25) is 0 Å². The smallest absolute Gasteiger partial charge is 0.0995 e. The summed E-state index contributed by atoms with van der Waals surface area (Å²) in [6, 6.07) is 3.87. The molecule has 1 aromatic rings. The van der Waals surface area contributed by atoms with Gasteiger partial charge in [-0.05, 0) is 33.3 Å². The molecule has 2 N–H and O–H groups in total. The number of nitrogens with zero attached hydrogens (tertiary/aromatic N) is 1. The summed E-state index contributed by atoms with van der Waals surface area (Å²) in [5.41, 5.74) is 6.86. The maximum absolute atomic E-state index is 6.07. The predicted molar refractivity (Wildman–Crippen MR) is 66.1 cm³/mol. The van der Waals surface area contributed by atoms with Crippen LogP contribution in [-0.4, -0.2) is 16.6 Å². The zero-order valence-electron chi connectivity index (χ0n) is 10.6. The van der Waals surface area contributed by atoms with Crippen molar-refractivity contribution in [3.63, 3.8) is 0 Å². The molecule has 0 radical (unpaired) electrons. The Morgan fingerprint density at radius 3 is 2.62 bits per heavy atom. The highest BCUT2D eigenvalue weighted by Crippen LogP contribution is 2.27. The Hall–Kier alpha value is -0.930. The van der Waals surface area contributed by atoms with Crippen molar-refractivity contribution >= 4 is 0 Å². The van der Waals surface area contributed by atoms with E-state index < -0.39 is 0 Å². The molecule has 0 spiro atoms. The fourth-order valence-corrected chi connectivity index (χ4v) is 1.45. The van der Waals surface area contributed by atoms with Gasteiger partial charge in [-0.15, -0.1) is 0 Å². The largest absolute Gasteiger partial charge is 0.366 e. The third-order valence-corrected chi connectivity index (χ3v) is 2.79. The van der Waals surface area contributed by atoms with Gasteiger partial charge in [-0.1, -0.05) is 13.0 Å². The van der Waals surface area contributed by atoms with Crippen LogP contribution >= 0.6 is 0 Å². The Labute approximate surface area is 98.0 Å². The number of pyridine rings is 1. The number of hydrogen-bond acceptors (Lipinski definition) is 3. The van der Waals surface area contributed by atoms with Gasteiger partial charge in [0.15, 0.2) is 0 Å². The minimum absolute atomic E-state index is 0.0463. The summed E-state index contributed by atoms with van der Waals surface area (Å²) >= 11 is 0. The third kappa shape index (κ3) is 3.58. The van der Waals surface area contributed by atoms with E-state index >= 15 is 0 Å². The average molecular weight is 222 g/mol. The molecule has 1 aromatic heterocycles. The van der Waals surface area contributed by atoms with Gasteiger partial charge in [0.05, 0.1) is 11.7 Å². The zero-order valence-corrected chi connectivity index (χ0v) is 10.6. The lowest BCUT2D eigenvalue weighted by molar-refractivity contribution is -0.0834. The molecule has 0 amide bonds. The van der Waals surface area contributed by atoms with Gasteiger partial charge in [-0.25, -0.2) is 0 Å². The minimum Gasteiger partial charge on any atom is -0.366 e. The van der Waals surface area contributed by atoms with Gasteiger partial charge in [0.1, 0.15) is 0 Å². The first-order valence-electron chi connectivity index (χ1n) is 5.79. The van der Waals surface area contributed by atoms with E-state index in [1.807, 2.05) is 25.3 Å². The molecule has 0 bridgehead atoms. The highest BCUT2D eigenvalue weighted by molar-refractivity contribution is 5.14. The fraction of sp³-hybridized carbons (Fsp3) is 0.615. The molecule has 0 aromatic carbocycles. The number of rotatable bonds is 5. The van der Waals surface area contributed by atoms with E-state index in [1.165, 1.54) is 0 Å². The Balaban J connectivity index is 2.85. The molecule has 16 heavy (non-hydrogen) atoms. The second-order valence-corrected chi connectivity index (χ2v) is 4.80. The van der Waals surface area contributed by atoms with Crippen LogP contribution in [0.4, 0.5) is 0 Å². The average Bonchev–Trinajstić information content (AvgIpc) is 2.27. The molecule has 0 aliphatic carbocycles. The van der Waals surface area contributed by atoms with Crippen LogP contribution in [0.5, 0.6) is 0 Å². The summed E-state index contributed by atoms with van der Waals surface area (Å²) in [4.78, 5) is 4.11. The number of aromatic nitrogens is 1. The minimum atomic E-state index is -0.159. The maximum atomic E-state index is 6.07. The second kappa shape index (κ2) is 5.41. The predicted octanol–water partition coefficient (Wildman–Crippen LogP) is 2.68. The summed E-state index contributed by atoms with van der Waals surface area (Å²) in [5.74, 6) is 0. The van der Waals surface area contributed by atoms with Gasteiger partial charge in [0, 0.05) is 24.0 Å². The van der Waals surface area contributed by atoms with E-state index in [4.69, 9.17) is 10.5 Å². The summed E-state index contributed by atoms with van der Waals surface area (Å²) in [5, 5.41) is 0. The van der Waals surface area contributed by atoms with Gasteiger partial charge in [0.25, 0.3) is 0 Å². The Morgan fingerprint density at radius 1 is 1.50 bits per heavy atom. The van der Waals surface area contributed by atoms with Gasteiger partial charge in [-0.3, -0.25) is 4.98 Å². The Kier molecular flexibility index (Phi) is 4.44. The van der Waals surface area contributed by atoms with Crippen molar-refractivity contribution in [2.24, 2.45) is 5.73 Å². The Morgan fingerprint density at radius 2 is 2.19 bits per heavy atom. The van der Waals surface area contributed by atoms with Crippen molar-refractivity contribution in [3.05, 3.63) is 30.1 Å². The summed E-state index contributed by atoms with van der Waals surface area (Å²) in [6.45, 7) is 8.24. The molecule has 3 nitrogen and oxygen atoms in total. The number of hydrogen-bond donors (Lipinski definition) is 1. The quantitative estimate of drug-likeness (QED) is 0.833. The van der Waals surface area contributed by atoms with E-state index in [9.17, 15) is 0 Å². The van der Waals surface area contributed by atoms with Gasteiger partial charge < -0.3 is 10.5 Å². The molecule has 0 aliphatic heterocycles. The number of nitrogens with two attached hydrogens (primary N) is 1. The summed E-state index contributed by atoms with van der Waals surface area (Å²) in [6.07, 6.45) is 4.44. The zero-order chi connectivity index (χ0) is 12.2. The first-order valence-corrected chi connectivity index (χ1v) is 5.79. The Bertz CT molecular complexity index is 309. The van der Waals surface area contributed by atoms with Crippen LogP contribution in [0.15, 0.2) is 24.5 Å². The van der Waals surface area contributed by atoms with Crippen LogP contribution < -0.4 is 5.73 Å². The molecule has 0 saturated carbocycles. The topological polar surface area (TPSA) is 48.1 Å². The summed E-state index contributed by atoms with van der Waals surface area (Å²) < 4.78 is 6.07. The third-order valence-electron chi connectivity index (χ3n) is 2.79. The lowest BCUT2D eigenvalue weighted by atomic mass is 10.0. The summed E-state index contributed by atoms with van der Waals surface area (Å²) in [7, 11) is 0. The molecule has 90 valence electrons. The van der Waals surface area contributed by atoms with E-state index in [0.29, 0.717) is 0 Å². The van der Waals surface area contributed by atoms with Crippen molar-refractivity contribution in [1.82, 2.24) is 4.98 Å². The van der Waals surface area contributed by atoms with Crippen LogP contribution in [0.2, 0.25) is 0 Å².